The van der Waals surface area contributed by atoms with Crippen LogP contribution in [0.15, 0.2) is 18.2 Å². The van der Waals surface area contributed by atoms with Crippen LogP contribution in [0.1, 0.15) is 38.3 Å². The van der Waals surface area contributed by atoms with E-state index in [4.69, 9.17) is 9.84 Å². The molecule has 1 atom stereocenters. The minimum atomic E-state index is -1.04. The Hall–Kier alpha value is -2.04. The highest BCUT2D eigenvalue weighted by molar-refractivity contribution is 5.84. The van der Waals surface area contributed by atoms with E-state index in [9.17, 15) is 9.59 Å². The first-order valence-electron chi connectivity index (χ1n) is 7.10. The number of nitrogens with one attached hydrogen (secondary N) is 1. The van der Waals surface area contributed by atoms with Gasteiger partial charge in [0, 0.05) is 0 Å². The number of carbonyl (C=O) groups excluding carboxylic acids is 1. The van der Waals surface area contributed by atoms with Gasteiger partial charge in [0.1, 0.15) is 17.4 Å². The largest absolute Gasteiger partial charge is 0.488 e. The predicted molar refractivity (Wildman–Crippen MR) is 78.4 cm³/mol. The molecule has 21 heavy (non-hydrogen) atoms. The summed E-state index contributed by atoms with van der Waals surface area (Å²) < 4.78 is 5.90. The van der Waals surface area contributed by atoms with Crippen molar-refractivity contribution in [3.05, 3.63) is 29.3 Å². The van der Waals surface area contributed by atoms with Crippen molar-refractivity contribution in [1.29, 1.82) is 0 Å². The van der Waals surface area contributed by atoms with Gasteiger partial charge >= 0.3 is 5.97 Å². The molecule has 2 N–H and O–H groups in total. The third-order valence-corrected chi connectivity index (χ3v) is 3.62. The molecule has 0 bridgehead atoms. The van der Waals surface area contributed by atoms with Gasteiger partial charge in [0.25, 0.3) is 0 Å². The lowest BCUT2D eigenvalue weighted by Crippen LogP contribution is -2.39. The Bertz CT molecular complexity index is 565. The molecule has 0 saturated heterocycles. The Morgan fingerprint density at radius 3 is 2.81 bits per heavy atom. The number of hydrogen-bond acceptors (Lipinski definition) is 3. The number of benzene rings is 1. The van der Waals surface area contributed by atoms with Crippen molar-refractivity contribution in [2.24, 2.45) is 0 Å². The summed E-state index contributed by atoms with van der Waals surface area (Å²) in [6, 6.07) is 4.83. The third-order valence-electron chi connectivity index (χ3n) is 3.62. The third kappa shape index (κ3) is 3.97. The van der Waals surface area contributed by atoms with Crippen molar-refractivity contribution in [2.75, 3.05) is 0 Å². The number of hydrogen-bond donors (Lipinski definition) is 2. The van der Waals surface area contributed by atoms with Crippen molar-refractivity contribution in [3.63, 3.8) is 0 Å². The van der Waals surface area contributed by atoms with Crippen LogP contribution in [0.25, 0.3) is 0 Å². The molecule has 0 unspecified atom stereocenters. The second-order valence-corrected chi connectivity index (χ2v) is 6.11. The molecule has 1 aliphatic heterocycles. The van der Waals surface area contributed by atoms with Crippen LogP contribution in [-0.2, 0) is 22.4 Å². The number of ether oxygens (including phenoxy) is 1. The quantitative estimate of drug-likeness (QED) is 0.888. The van der Waals surface area contributed by atoms with E-state index in [2.05, 4.69) is 19.2 Å². The van der Waals surface area contributed by atoms with Crippen molar-refractivity contribution < 1.29 is 19.4 Å². The van der Waals surface area contributed by atoms with Crippen molar-refractivity contribution >= 4 is 11.9 Å². The zero-order valence-corrected chi connectivity index (χ0v) is 12.6. The molecular formula is C16H21NO4. The number of carboxylic acids is 1. The summed E-state index contributed by atoms with van der Waals surface area (Å²) in [4.78, 5) is 22.5. The minimum Gasteiger partial charge on any atom is -0.488 e. The van der Waals surface area contributed by atoms with Crippen molar-refractivity contribution in [2.45, 2.75) is 51.7 Å². The molecule has 0 radical (unpaired) electrons. The molecule has 5 nitrogen and oxygen atoms in total. The maximum atomic E-state index is 11.8. The number of carbonyl (C=O) groups is 2. The van der Waals surface area contributed by atoms with E-state index in [0.717, 1.165) is 29.7 Å². The molecule has 0 fully saturated rings. The fraction of sp³-hybridized carbons (Fsp3) is 0.500. The summed E-state index contributed by atoms with van der Waals surface area (Å²) in [5.41, 5.74) is 1.82. The molecule has 1 aliphatic rings. The Balaban J connectivity index is 2.03. The lowest BCUT2D eigenvalue weighted by molar-refractivity contribution is -0.141. The topological polar surface area (TPSA) is 75.6 Å². The normalized spacial score (nSPS) is 17.3. The smallest absolute Gasteiger partial charge is 0.325 e. The first kappa shape index (κ1) is 15.4. The van der Waals surface area contributed by atoms with Gasteiger partial charge in [-0.05, 0) is 50.8 Å². The fourth-order valence-electron chi connectivity index (χ4n) is 2.36. The number of carboxylic acid groups (broad SMARTS) is 1. The van der Waals surface area contributed by atoms with Gasteiger partial charge in [-0.15, -0.1) is 0 Å². The Labute approximate surface area is 124 Å². The summed E-state index contributed by atoms with van der Waals surface area (Å²) in [5, 5.41) is 11.2. The SMILES string of the molecule is C[C@H](NC(=O)Cc1ccc2c(c1)CCC(C)(C)O2)C(=O)O. The zero-order chi connectivity index (χ0) is 15.6. The second-order valence-electron chi connectivity index (χ2n) is 6.11. The molecule has 5 heteroatoms. The maximum Gasteiger partial charge on any atom is 0.325 e. The van der Waals surface area contributed by atoms with Gasteiger partial charge in [-0.2, -0.15) is 0 Å². The Morgan fingerprint density at radius 1 is 1.43 bits per heavy atom. The zero-order valence-electron chi connectivity index (χ0n) is 12.6. The molecular weight excluding hydrogens is 270 g/mol. The molecule has 1 aromatic rings. The standard InChI is InChI=1S/C16H21NO4/c1-10(15(19)20)17-14(18)9-11-4-5-13-12(8-11)6-7-16(2,3)21-13/h4-5,8,10H,6-7,9H2,1-3H3,(H,17,18)(H,19,20)/t10-/m0/s1. The average molecular weight is 291 g/mol. The van der Waals surface area contributed by atoms with E-state index in [1.807, 2.05) is 18.2 Å². The van der Waals surface area contributed by atoms with Crippen LogP contribution >= 0.6 is 0 Å². The van der Waals surface area contributed by atoms with Crippen LogP contribution in [0.2, 0.25) is 0 Å². The molecule has 1 amide bonds. The highest BCUT2D eigenvalue weighted by atomic mass is 16.5. The second kappa shape index (κ2) is 5.76. The van der Waals surface area contributed by atoms with E-state index >= 15 is 0 Å². The van der Waals surface area contributed by atoms with E-state index in [1.54, 1.807) is 0 Å². The lowest BCUT2D eigenvalue weighted by atomic mass is 9.93. The number of aryl methyl sites for hydroxylation is 1. The van der Waals surface area contributed by atoms with Gasteiger partial charge in [0.2, 0.25) is 5.91 Å². The Kier molecular flexibility index (Phi) is 4.21. The molecule has 1 heterocycles. The maximum absolute atomic E-state index is 11.8. The lowest BCUT2D eigenvalue weighted by Gasteiger charge is -2.32. The fourth-order valence-corrected chi connectivity index (χ4v) is 2.36. The van der Waals surface area contributed by atoms with Crippen LogP contribution in [0.5, 0.6) is 5.75 Å². The minimum absolute atomic E-state index is 0.150. The highest BCUT2D eigenvalue weighted by Gasteiger charge is 2.26. The van der Waals surface area contributed by atoms with E-state index in [-0.39, 0.29) is 17.9 Å². The first-order valence-corrected chi connectivity index (χ1v) is 7.10. The van der Waals surface area contributed by atoms with E-state index in [0.29, 0.717) is 0 Å². The summed E-state index contributed by atoms with van der Waals surface area (Å²) in [6.45, 7) is 5.57. The summed E-state index contributed by atoms with van der Waals surface area (Å²) in [7, 11) is 0. The van der Waals surface area contributed by atoms with Crippen LogP contribution in [0.3, 0.4) is 0 Å². The van der Waals surface area contributed by atoms with E-state index < -0.39 is 12.0 Å². The van der Waals surface area contributed by atoms with Gasteiger partial charge in [-0.1, -0.05) is 12.1 Å². The molecule has 114 valence electrons. The van der Waals surface area contributed by atoms with E-state index in [1.165, 1.54) is 6.92 Å². The van der Waals surface area contributed by atoms with Crippen molar-refractivity contribution in [3.8, 4) is 5.75 Å². The molecule has 0 saturated carbocycles. The monoisotopic (exact) mass is 291 g/mol. The molecule has 0 aliphatic carbocycles. The molecule has 0 aromatic heterocycles. The summed E-state index contributed by atoms with van der Waals surface area (Å²) in [5.74, 6) is -0.458. The summed E-state index contributed by atoms with van der Waals surface area (Å²) in [6.07, 6.45) is 2.03. The van der Waals surface area contributed by atoms with Crippen LogP contribution in [0.4, 0.5) is 0 Å². The van der Waals surface area contributed by atoms with Crippen LogP contribution in [0, 0.1) is 0 Å². The predicted octanol–water partition coefficient (Wildman–Crippen LogP) is 1.92. The number of amides is 1. The van der Waals surface area contributed by atoms with Gasteiger partial charge in [0.05, 0.1) is 6.42 Å². The number of fused-ring (bicyclic) bond motifs is 1. The average Bonchev–Trinajstić information content (AvgIpc) is 2.38. The van der Waals surface area contributed by atoms with Crippen LogP contribution in [-0.4, -0.2) is 28.6 Å². The highest BCUT2D eigenvalue weighted by Crippen LogP contribution is 2.33. The van der Waals surface area contributed by atoms with Gasteiger partial charge in [-0.3, -0.25) is 9.59 Å². The number of rotatable bonds is 4. The van der Waals surface area contributed by atoms with Gasteiger partial charge in [-0.25, -0.2) is 0 Å². The molecule has 1 aromatic carbocycles. The van der Waals surface area contributed by atoms with Gasteiger partial charge < -0.3 is 15.2 Å². The number of aliphatic carboxylic acids is 1. The summed E-state index contributed by atoms with van der Waals surface area (Å²) >= 11 is 0. The molecule has 2 rings (SSSR count). The van der Waals surface area contributed by atoms with Crippen molar-refractivity contribution in [1.82, 2.24) is 5.32 Å². The van der Waals surface area contributed by atoms with Crippen LogP contribution < -0.4 is 10.1 Å². The first-order chi connectivity index (χ1) is 9.77. The Morgan fingerprint density at radius 2 is 2.14 bits per heavy atom. The van der Waals surface area contributed by atoms with Gasteiger partial charge in [0.15, 0.2) is 0 Å². The molecule has 0 spiro atoms.